The Morgan fingerprint density at radius 1 is 0.884 bits per heavy atom. The fraction of sp³-hybridized carbons (Fsp3) is 0.171. The van der Waals surface area contributed by atoms with Gasteiger partial charge in [-0.2, -0.15) is 0 Å². The van der Waals surface area contributed by atoms with Gasteiger partial charge in [0, 0.05) is 0 Å². The van der Waals surface area contributed by atoms with Crippen LogP contribution in [0.2, 0.25) is 0 Å². The first-order chi connectivity index (χ1) is 21.0. The lowest BCUT2D eigenvalue weighted by molar-refractivity contribution is 0.455. The molecule has 0 heterocycles. The molecule has 3 aliphatic carbocycles. The molecular weight excluding hydrogens is 520 g/mol. The van der Waals surface area contributed by atoms with Crippen LogP contribution in [0, 0.1) is 12.8 Å². The van der Waals surface area contributed by atoms with E-state index in [-0.39, 0.29) is 0 Å². The van der Waals surface area contributed by atoms with Gasteiger partial charge >= 0.3 is 0 Å². The molecule has 3 aliphatic rings. The molecule has 2 nitrogen and oxygen atoms in total. The normalized spacial score (nSPS) is 23.3. The molecule has 0 spiro atoms. The van der Waals surface area contributed by atoms with Gasteiger partial charge in [-0.3, -0.25) is 5.32 Å². The number of hydrogen-bond donors (Lipinski definition) is 2. The van der Waals surface area contributed by atoms with E-state index in [4.69, 9.17) is 5.73 Å². The summed E-state index contributed by atoms with van der Waals surface area (Å²) in [6.07, 6.45) is 42.6. The number of hydrogen-bond acceptors (Lipinski definition) is 2. The Balaban J connectivity index is 1.44. The Hall–Kier alpha value is -4.50. The highest BCUT2D eigenvalue weighted by atomic mass is 15.1. The maximum atomic E-state index is 6.89. The molecule has 43 heavy (non-hydrogen) atoms. The molecule has 0 aromatic heterocycles. The molecule has 3 N–H and O–H groups in total. The summed E-state index contributed by atoms with van der Waals surface area (Å²) in [5, 5.41) is 3.75. The van der Waals surface area contributed by atoms with E-state index < -0.39 is 11.7 Å². The highest BCUT2D eigenvalue weighted by Crippen LogP contribution is 2.34. The first-order valence-corrected chi connectivity index (χ1v) is 15.2. The van der Waals surface area contributed by atoms with Crippen LogP contribution >= 0.6 is 0 Å². The van der Waals surface area contributed by atoms with Crippen LogP contribution < -0.4 is 11.1 Å². The number of nitrogens with one attached hydrogen (secondary N) is 1. The van der Waals surface area contributed by atoms with Crippen LogP contribution in [0.3, 0.4) is 0 Å². The number of allylic oxidation sites excluding steroid dienone is 16. The second-order valence-electron chi connectivity index (χ2n) is 11.4. The van der Waals surface area contributed by atoms with Gasteiger partial charge in [-0.1, -0.05) is 158 Å². The highest BCUT2D eigenvalue weighted by molar-refractivity contribution is 5.79. The first-order valence-electron chi connectivity index (χ1n) is 15.2. The summed E-state index contributed by atoms with van der Waals surface area (Å²) in [4.78, 5) is 0. The largest absolute Gasteiger partial charge is 0.312 e. The van der Waals surface area contributed by atoms with Gasteiger partial charge in [0.25, 0.3) is 0 Å². The van der Waals surface area contributed by atoms with Crippen LogP contribution in [0.25, 0.3) is 11.6 Å². The summed E-state index contributed by atoms with van der Waals surface area (Å²) in [6.45, 7) is 6.64. The highest BCUT2D eigenvalue weighted by Gasteiger charge is 2.30. The van der Waals surface area contributed by atoms with E-state index in [1.165, 1.54) is 29.5 Å². The number of rotatable bonds is 9. The SMILES string of the molecule is C=C(/C=C\c1ccccc1CC1CC1)c1cc(C2(NC(N)C3=C/C=C\C=C/C=C\C=C\C=C\3)C=CC=CC=C2)ccc1C. The molecule has 0 radical (unpaired) electrons. The molecule has 1 saturated carbocycles. The molecule has 0 amide bonds. The quantitative estimate of drug-likeness (QED) is 0.236. The first kappa shape index (κ1) is 30.0. The second kappa shape index (κ2) is 14.6. The van der Waals surface area contributed by atoms with Gasteiger partial charge in [-0.15, -0.1) is 0 Å². The molecule has 5 rings (SSSR count). The predicted octanol–water partition coefficient (Wildman–Crippen LogP) is 9.15. The molecule has 2 aromatic carbocycles. The monoisotopic (exact) mass is 562 g/mol. The Morgan fingerprint density at radius 3 is 2.26 bits per heavy atom. The van der Waals surface area contributed by atoms with Crippen molar-refractivity contribution in [3.63, 3.8) is 0 Å². The van der Waals surface area contributed by atoms with Crippen LogP contribution in [-0.4, -0.2) is 6.17 Å². The van der Waals surface area contributed by atoms with Crippen LogP contribution in [0.15, 0.2) is 164 Å². The van der Waals surface area contributed by atoms with Crippen molar-refractivity contribution in [2.24, 2.45) is 11.7 Å². The van der Waals surface area contributed by atoms with Crippen molar-refractivity contribution < 1.29 is 0 Å². The van der Waals surface area contributed by atoms with E-state index >= 15 is 0 Å². The maximum Gasteiger partial charge on any atom is 0.0828 e. The fourth-order valence-electron chi connectivity index (χ4n) is 5.38. The van der Waals surface area contributed by atoms with Gasteiger partial charge < -0.3 is 5.73 Å². The zero-order chi connectivity index (χ0) is 29.9. The number of aryl methyl sites for hydroxylation is 1. The summed E-state index contributed by atoms with van der Waals surface area (Å²) >= 11 is 0. The Bertz CT molecular complexity index is 1590. The van der Waals surface area contributed by atoms with Crippen molar-refractivity contribution in [1.29, 1.82) is 0 Å². The van der Waals surface area contributed by atoms with Crippen molar-refractivity contribution in [3.8, 4) is 0 Å². The van der Waals surface area contributed by atoms with Crippen molar-refractivity contribution in [2.75, 3.05) is 0 Å². The van der Waals surface area contributed by atoms with E-state index in [9.17, 15) is 0 Å². The van der Waals surface area contributed by atoms with Gasteiger partial charge in [0.05, 0.1) is 11.7 Å². The minimum atomic E-state index is -0.618. The van der Waals surface area contributed by atoms with Crippen molar-refractivity contribution in [1.82, 2.24) is 5.32 Å². The van der Waals surface area contributed by atoms with Crippen LogP contribution in [-0.2, 0) is 12.0 Å². The molecule has 2 aromatic rings. The van der Waals surface area contributed by atoms with Crippen LogP contribution in [0.5, 0.6) is 0 Å². The number of benzene rings is 2. The second-order valence-corrected chi connectivity index (χ2v) is 11.4. The molecule has 216 valence electrons. The summed E-state index contributed by atoms with van der Waals surface area (Å²) in [5.74, 6) is 0.847. The topological polar surface area (TPSA) is 38.0 Å². The lowest BCUT2D eigenvalue weighted by Crippen LogP contribution is -2.50. The standard InChI is InChI=1S/C41H42N2/c1-32(22-26-35-18-14-15-21-37(35)30-34-24-25-34)39-31-38(27-23-33(39)2)41(28-16-10-11-17-29-41)43-40(42)36-19-12-8-6-4-3-5-7-9-13-20-36/h3-23,26-29,31,34,40,43H,1,24-25,30,42H2,2H3/b4-3-,5-3?,6-4?,7-5-,8-6+,9-7?,12-8?,13-9-,19-12+,20-13?,26-22-,36-19?,36-20+. The Kier molecular flexibility index (Phi) is 10.2. The smallest absolute Gasteiger partial charge is 0.0828 e. The molecule has 0 aliphatic heterocycles. The van der Waals surface area contributed by atoms with Gasteiger partial charge in [0.2, 0.25) is 0 Å². The minimum Gasteiger partial charge on any atom is -0.312 e. The zero-order valence-corrected chi connectivity index (χ0v) is 25.1. The van der Waals surface area contributed by atoms with E-state index in [0.717, 1.165) is 34.6 Å². The number of nitrogens with two attached hydrogens (primary N) is 1. The minimum absolute atomic E-state index is 0.431. The third-order valence-electron chi connectivity index (χ3n) is 8.06. The average molecular weight is 563 g/mol. The van der Waals surface area contributed by atoms with Crippen molar-refractivity contribution in [2.45, 2.75) is 37.9 Å². The zero-order valence-electron chi connectivity index (χ0n) is 25.1. The van der Waals surface area contributed by atoms with Crippen molar-refractivity contribution in [3.05, 3.63) is 192 Å². The third kappa shape index (κ3) is 8.29. The molecule has 1 unspecified atom stereocenters. The third-order valence-corrected chi connectivity index (χ3v) is 8.06. The van der Waals surface area contributed by atoms with Gasteiger partial charge in [-0.05, 0) is 77.1 Å². The van der Waals surface area contributed by atoms with Gasteiger partial charge in [-0.25, -0.2) is 0 Å². The summed E-state index contributed by atoms with van der Waals surface area (Å²) < 4.78 is 0. The summed E-state index contributed by atoms with van der Waals surface area (Å²) in [7, 11) is 0. The molecule has 0 saturated heterocycles. The van der Waals surface area contributed by atoms with Crippen LogP contribution in [0.4, 0.5) is 0 Å². The summed E-state index contributed by atoms with van der Waals surface area (Å²) in [5.41, 5.74) is 14.4. The Labute approximate surface area is 257 Å². The van der Waals surface area contributed by atoms with Gasteiger partial charge in [0.15, 0.2) is 0 Å². The van der Waals surface area contributed by atoms with Crippen molar-refractivity contribution >= 4 is 11.6 Å². The lowest BCUT2D eigenvalue weighted by atomic mass is 9.85. The molecule has 1 fully saturated rings. The van der Waals surface area contributed by atoms with Gasteiger partial charge in [0.1, 0.15) is 0 Å². The van der Waals surface area contributed by atoms with E-state index in [1.807, 2.05) is 66.8 Å². The summed E-state index contributed by atoms with van der Waals surface area (Å²) in [6, 6.07) is 15.4. The van der Waals surface area contributed by atoms with Crippen LogP contribution in [0.1, 0.15) is 40.7 Å². The predicted molar refractivity (Wildman–Crippen MR) is 186 cm³/mol. The fourth-order valence-corrected chi connectivity index (χ4v) is 5.38. The van der Waals surface area contributed by atoms with E-state index in [1.54, 1.807) is 0 Å². The van der Waals surface area contributed by atoms with E-state index in [0.29, 0.717) is 0 Å². The molecular formula is C41H42N2. The molecule has 2 heteroatoms. The Morgan fingerprint density at radius 2 is 1.53 bits per heavy atom. The lowest BCUT2D eigenvalue weighted by Gasteiger charge is -2.34. The molecule has 1 atom stereocenters. The van der Waals surface area contributed by atoms with E-state index in [2.05, 4.69) is 110 Å². The molecule has 0 bridgehead atoms. The maximum absolute atomic E-state index is 6.89. The average Bonchev–Trinajstić information content (AvgIpc) is 3.85.